The van der Waals surface area contributed by atoms with E-state index in [1.54, 1.807) is 0 Å². The molecule has 0 heterocycles. The summed E-state index contributed by atoms with van der Waals surface area (Å²) in [7, 11) is 0. The van der Waals surface area contributed by atoms with Crippen LogP contribution in [0.1, 0.15) is 51.4 Å². The summed E-state index contributed by atoms with van der Waals surface area (Å²) in [6, 6.07) is 0. The zero-order chi connectivity index (χ0) is 11.6. The Hall–Kier alpha value is 0.140. The van der Waals surface area contributed by atoms with Crippen LogP contribution in [0.3, 0.4) is 0 Å². The van der Waals surface area contributed by atoms with Crippen molar-refractivity contribution in [2.75, 3.05) is 5.75 Å². The van der Waals surface area contributed by atoms with Gasteiger partial charge < -0.3 is 0 Å². The fourth-order valence-corrected chi connectivity index (χ4v) is 1.93. The van der Waals surface area contributed by atoms with Gasteiger partial charge in [0.1, 0.15) is 0 Å². The molecule has 0 aliphatic rings. The highest BCUT2D eigenvalue weighted by Gasteiger charge is 2.27. The summed E-state index contributed by atoms with van der Waals surface area (Å²) in [6.07, 6.45) is 8.38. The van der Waals surface area contributed by atoms with Crippen molar-refractivity contribution < 1.29 is 13.2 Å². The number of unbranched alkanes of at least 4 members (excludes halogenated alkanes) is 7. The van der Waals surface area contributed by atoms with Crippen LogP contribution >= 0.6 is 11.8 Å². The molecule has 0 spiro atoms. The van der Waals surface area contributed by atoms with E-state index in [0.29, 0.717) is 6.42 Å². The van der Waals surface area contributed by atoms with Crippen molar-refractivity contribution in [1.29, 1.82) is 0 Å². The quantitative estimate of drug-likeness (QED) is 0.500. The summed E-state index contributed by atoms with van der Waals surface area (Å²) < 4.78 is 35.2. The molecule has 0 aromatic rings. The van der Waals surface area contributed by atoms with E-state index >= 15 is 0 Å². The Morgan fingerprint density at radius 1 is 0.800 bits per heavy atom. The molecule has 91 valence electrons. The standard InChI is InChI=1S/C11H20F3S/c1-2-3-4-5-6-7-8-9-10-15-11(12,13)14/h1-10H2. The summed E-state index contributed by atoms with van der Waals surface area (Å²) in [6.45, 7) is 3.76. The lowest BCUT2D eigenvalue weighted by Crippen LogP contribution is -2.01. The molecule has 0 saturated carbocycles. The first kappa shape index (κ1) is 15.1. The van der Waals surface area contributed by atoms with Gasteiger partial charge in [-0.25, -0.2) is 0 Å². The van der Waals surface area contributed by atoms with Crippen molar-refractivity contribution in [1.82, 2.24) is 0 Å². The first-order chi connectivity index (χ1) is 7.06. The molecule has 0 nitrogen and oxygen atoms in total. The third kappa shape index (κ3) is 14.1. The maximum Gasteiger partial charge on any atom is 0.441 e. The Morgan fingerprint density at radius 2 is 1.27 bits per heavy atom. The van der Waals surface area contributed by atoms with Gasteiger partial charge in [0, 0.05) is 5.75 Å². The highest BCUT2D eigenvalue weighted by Crippen LogP contribution is 2.30. The second kappa shape index (κ2) is 9.37. The molecule has 0 aromatic carbocycles. The Morgan fingerprint density at radius 3 is 1.73 bits per heavy atom. The van der Waals surface area contributed by atoms with Crippen LogP contribution in [0.5, 0.6) is 0 Å². The molecular formula is C11H20F3S. The largest absolute Gasteiger partial charge is 0.441 e. The Bertz CT molecular complexity index is 134. The van der Waals surface area contributed by atoms with E-state index in [9.17, 15) is 13.2 Å². The molecule has 0 aliphatic heterocycles. The van der Waals surface area contributed by atoms with Crippen LogP contribution in [0.4, 0.5) is 13.2 Å². The number of rotatable bonds is 9. The summed E-state index contributed by atoms with van der Waals surface area (Å²) in [4.78, 5) is 0. The first-order valence-corrected chi connectivity index (χ1v) is 6.55. The molecule has 0 bridgehead atoms. The van der Waals surface area contributed by atoms with E-state index in [1.165, 1.54) is 19.3 Å². The summed E-state index contributed by atoms with van der Waals surface area (Å²) in [5.74, 6) is 0.211. The van der Waals surface area contributed by atoms with Gasteiger partial charge in [-0.15, -0.1) is 0 Å². The van der Waals surface area contributed by atoms with Crippen LogP contribution in [0.25, 0.3) is 0 Å². The van der Waals surface area contributed by atoms with E-state index < -0.39 is 5.51 Å². The molecule has 15 heavy (non-hydrogen) atoms. The molecule has 0 atom stereocenters. The topological polar surface area (TPSA) is 0 Å². The Balaban J connectivity index is 2.99. The van der Waals surface area contributed by atoms with E-state index in [-0.39, 0.29) is 17.5 Å². The second-order valence-corrected chi connectivity index (χ2v) is 4.78. The van der Waals surface area contributed by atoms with E-state index in [4.69, 9.17) is 0 Å². The highest BCUT2D eigenvalue weighted by atomic mass is 32.2. The molecule has 0 amide bonds. The monoisotopic (exact) mass is 241 g/mol. The smallest absolute Gasteiger partial charge is 0.160 e. The SMILES string of the molecule is [CH2]CCCCCCCCCSC(F)(F)F. The third-order valence-corrected chi connectivity index (χ3v) is 2.98. The minimum Gasteiger partial charge on any atom is -0.160 e. The van der Waals surface area contributed by atoms with Crippen molar-refractivity contribution in [3.63, 3.8) is 0 Å². The molecule has 0 unspecified atom stereocenters. The normalized spacial score (nSPS) is 12.0. The Kier molecular flexibility index (Phi) is 9.46. The summed E-state index contributed by atoms with van der Waals surface area (Å²) in [5.41, 5.74) is -4.05. The van der Waals surface area contributed by atoms with Crippen LogP contribution in [0.15, 0.2) is 0 Å². The predicted molar refractivity (Wildman–Crippen MR) is 60.8 cm³/mol. The number of hydrogen-bond donors (Lipinski definition) is 0. The second-order valence-electron chi connectivity index (χ2n) is 3.62. The average molecular weight is 241 g/mol. The maximum absolute atomic E-state index is 11.7. The lowest BCUT2D eigenvalue weighted by Gasteiger charge is -2.05. The van der Waals surface area contributed by atoms with Crippen molar-refractivity contribution in [2.24, 2.45) is 0 Å². The molecule has 0 N–H and O–H groups in total. The van der Waals surface area contributed by atoms with Gasteiger partial charge in [0.15, 0.2) is 0 Å². The van der Waals surface area contributed by atoms with E-state index in [0.717, 1.165) is 25.7 Å². The minimum absolute atomic E-state index is 0.0972. The molecule has 1 radical (unpaired) electrons. The molecule has 0 aliphatic carbocycles. The van der Waals surface area contributed by atoms with Crippen molar-refractivity contribution in [3.05, 3.63) is 6.92 Å². The molecule has 0 rings (SSSR count). The number of hydrogen-bond acceptors (Lipinski definition) is 1. The van der Waals surface area contributed by atoms with Gasteiger partial charge in [-0.3, -0.25) is 0 Å². The molecular weight excluding hydrogens is 221 g/mol. The first-order valence-electron chi connectivity index (χ1n) is 5.56. The zero-order valence-corrected chi connectivity index (χ0v) is 9.93. The van der Waals surface area contributed by atoms with Gasteiger partial charge in [0.05, 0.1) is 0 Å². The molecule has 0 saturated heterocycles. The fraction of sp³-hybridized carbons (Fsp3) is 0.909. The minimum atomic E-state index is -4.05. The fourth-order valence-electron chi connectivity index (χ4n) is 1.35. The van der Waals surface area contributed by atoms with E-state index in [1.807, 2.05) is 0 Å². The molecule has 0 fully saturated rings. The number of alkyl halides is 3. The van der Waals surface area contributed by atoms with Gasteiger partial charge in [-0.1, -0.05) is 63.6 Å². The third-order valence-electron chi connectivity index (χ3n) is 2.16. The lowest BCUT2D eigenvalue weighted by atomic mass is 10.1. The maximum atomic E-state index is 11.7. The summed E-state index contributed by atoms with van der Waals surface area (Å²) >= 11 is 0.0972. The van der Waals surface area contributed by atoms with E-state index in [2.05, 4.69) is 6.92 Å². The number of thioether (sulfide) groups is 1. The van der Waals surface area contributed by atoms with Crippen LogP contribution in [-0.2, 0) is 0 Å². The van der Waals surface area contributed by atoms with Crippen LogP contribution < -0.4 is 0 Å². The van der Waals surface area contributed by atoms with Gasteiger partial charge in [-0.05, 0) is 6.42 Å². The molecule has 4 heteroatoms. The zero-order valence-electron chi connectivity index (χ0n) is 9.11. The van der Waals surface area contributed by atoms with Gasteiger partial charge in [-0.2, -0.15) is 13.2 Å². The van der Waals surface area contributed by atoms with Crippen molar-refractivity contribution in [3.8, 4) is 0 Å². The summed E-state index contributed by atoms with van der Waals surface area (Å²) in [5, 5.41) is 0. The van der Waals surface area contributed by atoms with Gasteiger partial charge in [0.2, 0.25) is 0 Å². The highest BCUT2D eigenvalue weighted by molar-refractivity contribution is 8.00. The van der Waals surface area contributed by atoms with Crippen molar-refractivity contribution in [2.45, 2.75) is 56.9 Å². The Labute approximate surface area is 95.0 Å². The predicted octanol–water partition coefficient (Wildman–Crippen LogP) is 5.19. The van der Waals surface area contributed by atoms with Crippen LogP contribution in [0, 0.1) is 6.92 Å². The van der Waals surface area contributed by atoms with Gasteiger partial charge in [0.25, 0.3) is 0 Å². The number of halogens is 3. The van der Waals surface area contributed by atoms with Gasteiger partial charge >= 0.3 is 5.51 Å². The van der Waals surface area contributed by atoms with Crippen LogP contribution in [-0.4, -0.2) is 11.3 Å². The van der Waals surface area contributed by atoms with Crippen molar-refractivity contribution >= 4 is 11.8 Å². The molecule has 0 aromatic heterocycles. The lowest BCUT2D eigenvalue weighted by molar-refractivity contribution is -0.0328. The average Bonchev–Trinajstić information content (AvgIpc) is 2.14. The van der Waals surface area contributed by atoms with Crippen LogP contribution in [0.2, 0.25) is 0 Å².